The van der Waals surface area contributed by atoms with Crippen molar-refractivity contribution in [1.82, 2.24) is 9.55 Å². The second-order valence-corrected chi connectivity index (χ2v) is 10.5. The summed E-state index contributed by atoms with van der Waals surface area (Å²) in [6.45, 7) is 0. The molecule has 0 N–H and O–H groups in total. The smallest absolute Gasteiger partial charge is 0.0802 e. The van der Waals surface area contributed by atoms with Crippen molar-refractivity contribution in [2.24, 2.45) is 0 Å². The fourth-order valence-corrected chi connectivity index (χ4v) is 6.07. The number of pyridine rings is 1. The fraction of sp³-hybridized carbons (Fsp3) is 0. The second kappa shape index (κ2) is 9.62. The Morgan fingerprint density at radius 2 is 1.00 bits per heavy atom. The molecular weight excluding hydrogens is 496 g/mol. The molecule has 2 heteroatoms. The first-order chi connectivity index (χ1) is 20.3. The predicted molar refractivity (Wildman–Crippen MR) is 172 cm³/mol. The number of fused-ring (bicyclic) bond motifs is 5. The second-order valence-electron chi connectivity index (χ2n) is 10.5. The highest BCUT2D eigenvalue weighted by molar-refractivity contribution is 6.20. The zero-order chi connectivity index (χ0) is 27.2. The van der Waals surface area contributed by atoms with Crippen LogP contribution in [0.15, 0.2) is 158 Å². The molecule has 2 heterocycles. The van der Waals surface area contributed by atoms with Crippen molar-refractivity contribution in [3.63, 3.8) is 0 Å². The Labute approximate surface area is 238 Å². The molecule has 0 amide bonds. The molecule has 0 radical (unpaired) electrons. The minimum absolute atomic E-state index is 1.03. The van der Waals surface area contributed by atoms with E-state index in [1.54, 1.807) is 0 Å². The van der Waals surface area contributed by atoms with Gasteiger partial charge in [-0.2, -0.15) is 0 Å². The maximum absolute atomic E-state index is 4.89. The summed E-state index contributed by atoms with van der Waals surface area (Å²) < 4.78 is 2.41. The van der Waals surface area contributed by atoms with Crippen LogP contribution in [0.5, 0.6) is 0 Å². The van der Waals surface area contributed by atoms with Crippen molar-refractivity contribution in [2.45, 2.75) is 0 Å². The van der Waals surface area contributed by atoms with E-state index in [0.717, 1.165) is 22.1 Å². The lowest BCUT2D eigenvalue weighted by Gasteiger charge is -2.14. The number of aromatic nitrogens is 2. The fourth-order valence-electron chi connectivity index (χ4n) is 6.07. The van der Waals surface area contributed by atoms with Gasteiger partial charge in [0.2, 0.25) is 0 Å². The van der Waals surface area contributed by atoms with E-state index in [-0.39, 0.29) is 0 Å². The highest BCUT2D eigenvalue weighted by atomic mass is 15.0. The number of hydrogen-bond acceptors (Lipinski definition) is 1. The lowest BCUT2D eigenvalue weighted by Crippen LogP contribution is -1.96. The maximum atomic E-state index is 4.89. The Morgan fingerprint density at radius 3 is 1.63 bits per heavy atom. The summed E-state index contributed by atoms with van der Waals surface area (Å²) in [5, 5.41) is 3.53. The van der Waals surface area contributed by atoms with Crippen molar-refractivity contribution < 1.29 is 0 Å². The minimum Gasteiger partial charge on any atom is -0.309 e. The molecule has 0 bridgehead atoms. The standard InChI is InChI=1S/C39H26N2/c1-4-11-27(12-5-1)31-19-20-36-35(26-31)38-37(21-18-30-17-10-22-40-39(30)38)41(36)34-24-32(28-13-6-2-7-14-28)23-33(25-34)29-15-8-3-9-16-29/h1-26H. The Bertz CT molecular complexity index is 2120. The first-order valence-electron chi connectivity index (χ1n) is 14.0. The lowest BCUT2D eigenvalue weighted by atomic mass is 9.98. The maximum Gasteiger partial charge on any atom is 0.0802 e. The van der Waals surface area contributed by atoms with Gasteiger partial charge in [0.15, 0.2) is 0 Å². The van der Waals surface area contributed by atoms with Crippen LogP contribution in [-0.2, 0) is 0 Å². The van der Waals surface area contributed by atoms with Gasteiger partial charge in [-0.15, -0.1) is 0 Å². The SMILES string of the molecule is c1ccc(-c2cc(-c3ccccc3)cc(-n3c4ccc(-c5ccccc5)cc4c4c5ncccc5ccc43)c2)cc1. The van der Waals surface area contributed by atoms with Crippen LogP contribution in [0.4, 0.5) is 0 Å². The molecule has 0 spiro atoms. The zero-order valence-electron chi connectivity index (χ0n) is 22.4. The first kappa shape index (κ1) is 23.4. The molecule has 0 saturated carbocycles. The summed E-state index contributed by atoms with van der Waals surface area (Å²) in [5.41, 5.74) is 11.7. The van der Waals surface area contributed by atoms with Crippen LogP contribution in [0.25, 0.3) is 71.8 Å². The van der Waals surface area contributed by atoms with Gasteiger partial charge in [-0.25, -0.2) is 0 Å². The number of hydrogen-bond donors (Lipinski definition) is 0. The average Bonchev–Trinajstić information content (AvgIpc) is 3.40. The third-order valence-electron chi connectivity index (χ3n) is 8.00. The topological polar surface area (TPSA) is 17.8 Å². The van der Waals surface area contributed by atoms with Crippen LogP contribution in [0, 0.1) is 0 Å². The van der Waals surface area contributed by atoms with Crippen molar-refractivity contribution in [3.8, 4) is 39.1 Å². The molecule has 0 unspecified atom stereocenters. The van der Waals surface area contributed by atoms with E-state index in [0.29, 0.717) is 0 Å². The summed E-state index contributed by atoms with van der Waals surface area (Å²) in [7, 11) is 0. The molecule has 2 aromatic heterocycles. The van der Waals surface area contributed by atoms with E-state index in [1.807, 2.05) is 12.3 Å². The van der Waals surface area contributed by atoms with Crippen molar-refractivity contribution in [1.29, 1.82) is 0 Å². The predicted octanol–water partition coefficient (Wildman–Crippen LogP) is 10.3. The first-order valence-corrected chi connectivity index (χ1v) is 14.0. The molecule has 0 atom stereocenters. The van der Waals surface area contributed by atoms with Crippen LogP contribution in [0.2, 0.25) is 0 Å². The lowest BCUT2D eigenvalue weighted by molar-refractivity contribution is 1.18. The molecule has 6 aromatic carbocycles. The van der Waals surface area contributed by atoms with E-state index < -0.39 is 0 Å². The van der Waals surface area contributed by atoms with Crippen molar-refractivity contribution in [3.05, 3.63) is 158 Å². The molecule has 8 rings (SSSR count). The van der Waals surface area contributed by atoms with Crippen molar-refractivity contribution in [2.75, 3.05) is 0 Å². The van der Waals surface area contributed by atoms with Gasteiger partial charge in [-0.1, -0.05) is 109 Å². The molecule has 192 valence electrons. The van der Waals surface area contributed by atoms with Gasteiger partial charge in [-0.3, -0.25) is 4.98 Å². The summed E-state index contributed by atoms with van der Waals surface area (Å²) in [6, 6.07) is 54.3. The van der Waals surface area contributed by atoms with Gasteiger partial charge in [0.25, 0.3) is 0 Å². The molecule has 0 saturated heterocycles. The van der Waals surface area contributed by atoms with Gasteiger partial charge < -0.3 is 4.57 Å². The normalized spacial score (nSPS) is 11.4. The van der Waals surface area contributed by atoms with Crippen LogP contribution >= 0.6 is 0 Å². The van der Waals surface area contributed by atoms with E-state index in [2.05, 4.69) is 150 Å². The number of rotatable bonds is 4. The van der Waals surface area contributed by atoms with E-state index in [1.165, 1.54) is 49.7 Å². The van der Waals surface area contributed by atoms with Gasteiger partial charge in [0.05, 0.1) is 16.6 Å². The third kappa shape index (κ3) is 4.00. The van der Waals surface area contributed by atoms with Crippen LogP contribution < -0.4 is 0 Å². The minimum atomic E-state index is 1.03. The summed E-state index contributed by atoms with van der Waals surface area (Å²) in [4.78, 5) is 4.89. The molecule has 0 aliphatic rings. The molecule has 8 aromatic rings. The van der Waals surface area contributed by atoms with E-state index in [9.17, 15) is 0 Å². The summed E-state index contributed by atoms with van der Waals surface area (Å²) in [6.07, 6.45) is 1.90. The zero-order valence-corrected chi connectivity index (χ0v) is 22.4. The number of benzene rings is 6. The average molecular weight is 523 g/mol. The summed E-state index contributed by atoms with van der Waals surface area (Å²) in [5.74, 6) is 0. The molecular formula is C39H26N2. The van der Waals surface area contributed by atoms with Crippen molar-refractivity contribution >= 4 is 32.7 Å². The monoisotopic (exact) mass is 522 g/mol. The summed E-state index contributed by atoms with van der Waals surface area (Å²) >= 11 is 0. The highest BCUT2D eigenvalue weighted by Crippen LogP contribution is 2.40. The van der Waals surface area contributed by atoms with Gasteiger partial charge in [0, 0.05) is 28.0 Å². The quantitative estimate of drug-likeness (QED) is 0.225. The Balaban J connectivity index is 1.47. The van der Waals surface area contributed by atoms with Crippen LogP contribution in [0.1, 0.15) is 0 Å². The Hall–Kier alpha value is -5.47. The molecule has 0 aliphatic carbocycles. The van der Waals surface area contributed by atoms with Gasteiger partial charge in [-0.05, 0) is 75.8 Å². The van der Waals surface area contributed by atoms with Crippen LogP contribution in [0.3, 0.4) is 0 Å². The Kier molecular flexibility index (Phi) is 5.49. The Morgan fingerprint density at radius 1 is 0.415 bits per heavy atom. The van der Waals surface area contributed by atoms with Crippen LogP contribution in [-0.4, -0.2) is 9.55 Å². The number of nitrogens with zero attached hydrogens (tertiary/aromatic N) is 2. The van der Waals surface area contributed by atoms with Gasteiger partial charge in [0.1, 0.15) is 0 Å². The molecule has 0 aliphatic heterocycles. The highest BCUT2D eigenvalue weighted by Gasteiger charge is 2.18. The molecule has 0 fully saturated rings. The van der Waals surface area contributed by atoms with Gasteiger partial charge >= 0.3 is 0 Å². The molecule has 41 heavy (non-hydrogen) atoms. The van der Waals surface area contributed by atoms with E-state index in [4.69, 9.17) is 4.98 Å². The largest absolute Gasteiger partial charge is 0.309 e. The third-order valence-corrected chi connectivity index (χ3v) is 8.00. The molecule has 2 nitrogen and oxygen atoms in total. The van der Waals surface area contributed by atoms with E-state index >= 15 is 0 Å².